The zero-order valence-corrected chi connectivity index (χ0v) is 12.1. The first-order valence-electron chi connectivity index (χ1n) is 6.90. The van der Waals surface area contributed by atoms with Gasteiger partial charge >= 0.3 is 0 Å². The lowest BCUT2D eigenvalue weighted by Crippen LogP contribution is -2.83. The normalized spacial score (nSPS) is 10.3. The van der Waals surface area contributed by atoms with Gasteiger partial charge in [-0.05, 0) is 35.9 Å². The van der Waals surface area contributed by atoms with Gasteiger partial charge < -0.3 is 14.8 Å². The van der Waals surface area contributed by atoms with Crippen molar-refractivity contribution in [1.29, 1.82) is 0 Å². The molecule has 0 bridgehead atoms. The van der Waals surface area contributed by atoms with Crippen LogP contribution in [0.1, 0.15) is 11.1 Å². The summed E-state index contributed by atoms with van der Waals surface area (Å²) < 4.78 is 10.5. The number of methoxy groups -OCH3 is 2. The summed E-state index contributed by atoms with van der Waals surface area (Å²) in [6.07, 6.45) is 1.01. The number of ether oxygens (including phenoxy) is 2. The second-order valence-electron chi connectivity index (χ2n) is 4.69. The molecule has 0 fully saturated rings. The van der Waals surface area contributed by atoms with Gasteiger partial charge in [-0.1, -0.05) is 18.2 Å². The van der Waals surface area contributed by atoms with Crippen molar-refractivity contribution in [2.24, 2.45) is 0 Å². The number of rotatable bonds is 7. The summed E-state index contributed by atoms with van der Waals surface area (Å²) in [4.78, 5) is 0. The van der Waals surface area contributed by atoms with Gasteiger partial charge in [-0.15, -0.1) is 0 Å². The molecule has 2 rings (SSSR count). The van der Waals surface area contributed by atoms with E-state index < -0.39 is 0 Å². The molecule has 0 saturated heterocycles. The van der Waals surface area contributed by atoms with Crippen molar-refractivity contribution in [2.45, 2.75) is 13.0 Å². The Balaban J connectivity index is 1.78. The average molecular weight is 272 g/mol. The highest BCUT2D eigenvalue weighted by Gasteiger charge is 2.02. The van der Waals surface area contributed by atoms with Crippen LogP contribution in [0.5, 0.6) is 11.5 Å². The molecule has 0 atom stereocenters. The predicted molar refractivity (Wildman–Crippen MR) is 80.2 cm³/mol. The van der Waals surface area contributed by atoms with Crippen molar-refractivity contribution < 1.29 is 14.8 Å². The van der Waals surface area contributed by atoms with E-state index in [0.29, 0.717) is 0 Å². The molecule has 0 unspecified atom stereocenters. The van der Waals surface area contributed by atoms with Crippen LogP contribution in [0.25, 0.3) is 0 Å². The molecule has 0 aliphatic carbocycles. The van der Waals surface area contributed by atoms with Gasteiger partial charge in [-0.25, -0.2) is 0 Å². The third-order valence-corrected chi connectivity index (χ3v) is 3.35. The summed E-state index contributed by atoms with van der Waals surface area (Å²) in [5.41, 5.74) is 2.58. The molecule has 3 heteroatoms. The minimum absolute atomic E-state index is 0.905. The molecule has 0 spiro atoms. The van der Waals surface area contributed by atoms with E-state index in [2.05, 4.69) is 29.6 Å². The molecule has 0 amide bonds. The van der Waals surface area contributed by atoms with Gasteiger partial charge in [0, 0.05) is 12.0 Å². The average Bonchev–Trinajstić information content (AvgIpc) is 2.52. The molecule has 2 aromatic carbocycles. The van der Waals surface area contributed by atoms with Crippen molar-refractivity contribution in [3.8, 4) is 11.5 Å². The lowest BCUT2D eigenvalue weighted by Gasteiger charge is -2.07. The van der Waals surface area contributed by atoms with Crippen LogP contribution in [-0.4, -0.2) is 20.8 Å². The van der Waals surface area contributed by atoms with Crippen LogP contribution >= 0.6 is 0 Å². The minimum atomic E-state index is 0.905. The lowest BCUT2D eigenvalue weighted by atomic mass is 10.1. The maximum Gasteiger partial charge on any atom is 0.122 e. The first-order chi connectivity index (χ1) is 9.83. The zero-order chi connectivity index (χ0) is 14.2. The summed E-state index contributed by atoms with van der Waals surface area (Å²) >= 11 is 0. The third kappa shape index (κ3) is 4.00. The van der Waals surface area contributed by atoms with E-state index in [1.807, 2.05) is 24.3 Å². The van der Waals surface area contributed by atoms with Crippen LogP contribution < -0.4 is 14.8 Å². The fourth-order valence-corrected chi connectivity index (χ4v) is 2.20. The van der Waals surface area contributed by atoms with E-state index in [1.165, 1.54) is 11.1 Å². The topological polar surface area (TPSA) is 35.1 Å². The van der Waals surface area contributed by atoms with Crippen molar-refractivity contribution in [3.05, 3.63) is 59.7 Å². The minimum Gasteiger partial charge on any atom is -0.497 e. The Bertz CT molecular complexity index is 523. The molecule has 0 aliphatic rings. The van der Waals surface area contributed by atoms with Crippen LogP contribution in [0, 0.1) is 0 Å². The summed E-state index contributed by atoms with van der Waals surface area (Å²) in [5, 5.41) is 2.31. The van der Waals surface area contributed by atoms with E-state index in [0.717, 1.165) is 31.0 Å². The highest BCUT2D eigenvalue weighted by Crippen LogP contribution is 2.16. The Morgan fingerprint density at radius 2 is 1.65 bits per heavy atom. The molecule has 0 heterocycles. The summed E-state index contributed by atoms with van der Waals surface area (Å²) in [6.45, 7) is 2.03. The largest absolute Gasteiger partial charge is 0.497 e. The molecule has 0 radical (unpaired) electrons. The first kappa shape index (κ1) is 14.4. The fraction of sp³-hybridized carbons (Fsp3) is 0.294. The first-order valence-corrected chi connectivity index (χ1v) is 6.90. The Morgan fingerprint density at radius 3 is 2.35 bits per heavy atom. The molecular formula is C17H22NO2+. The lowest BCUT2D eigenvalue weighted by molar-refractivity contribution is -0.670. The van der Waals surface area contributed by atoms with E-state index in [-0.39, 0.29) is 0 Å². The molecular weight excluding hydrogens is 250 g/mol. The number of para-hydroxylation sites is 1. The molecule has 20 heavy (non-hydrogen) atoms. The standard InChI is InChI=1S/C17H21NO2/c1-19-16-9-7-14(8-10-16)13-18-12-11-15-5-3-4-6-17(15)20-2/h3-10,18H,11-13H2,1-2H3/p+1. The highest BCUT2D eigenvalue weighted by atomic mass is 16.5. The van der Waals surface area contributed by atoms with Crippen molar-refractivity contribution >= 4 is 0 Å². The Labute approximate surface area is 120 Å². The van der Waals surface area contributed by atoms with E-state index in [4.69, 9.17) is 9.47 Å². The van der Waals surface area contributed by atoms with Crippen LogP contribution in [-0.2, 0) is 13.0 Å². The van der Waals surface area contributed by atoms with Crippen molar-refractivity contribution in [2.75, 3.05) is 20.8 Å². The quantitative estimate of drug-likeness (QED) is 0.783. The Kier molecular flexibility index (Phi) is 5.44. The SMILES string of the molecule is COc1ccc(C[NH2+]CCc2ccccc2OC)cc1. The highest BCUT2D eigenvalue weighted by molar-refractivity contribution is 5.33. The van der Waals surface area contributed by atoms with Gasteiger partial charge in [-0.2, -0.15) is 0 Å². The fourth-order valence-electron chi connectivity index (χ4n) is 2.20. The van der Waals surface area contributed by atoms with Gasteiger partial charge in [0.25, 0.3) is 0 Å². The number of nitrogens with two attached hydrogens (primary N) is 1. The van der Waals surface area contributed by atoms with Crippen LogP contribution in [0.2, 0.25) is 0 Å². The monoisotopic (exact) mass is 272 g/mol. The van der Waals surface area contributed by atoms with Crippen LogP contribution in [0.15, 0.2) is 48.5 Å². The summed E-state index contributed by atoms with van der Waals surface area (Å²) in [7, 11) is 3.41. The molecule has 0 aliphatic heterocycles. The maximum atomic E-state index is 5.36. The number of quaternary nitrogens is 1. The molecule has 2 N–H and O–H groups in total. The van der Waals surface area contributed by atoms with Gasteiger partial charge in [-0.3, -0.25) is 0 Å². The maximum absolute atomic E-state index is 5.36. The van der Waals surface area contributed by atoms with Crippen LogP contribution in [0.3, 0.4) is 0 Å². The van der Waals surface area contributed by atoms with Crippen molar-refractivity contribution in [3.63, 3.8) is 0 Å². The van der Waals surface area contributed by atoms with Crippen LogP contribution in [0.4, 0.5) is 0 Å². The zero-order valence-electron chi connectivity index (χ0n) is 12.1. The van der Waals surface area contributed by atoms with Gasteiger partial charge in [0.05, 0.1) is 20.8 Å². The summed E-state index contributed by atoms with van der Waals surface area (Å²) in [5.74, 6) is 1.88. The van der Waals surface area contributed by atoms with Gasteiger partial charge in [0.15, 0.2) is 0 Å². The van der Waals surface area contributed by atoms with E-state index in [9.17, 15) is 0 Å². The third-order valence-electron chi connectivity index (χ3n) is 3.35. The Morgan fingerprint density at radius 1 is 0.900 bits per heavy atom. The smallest absolute Gasteiger partial charge is 0.122 e. The number of benzene rings is 2. The molecule has 2 aromatic rings. The molecule has 0 saturated carbocycles. The number of hydrogen-bond donors (Lipinski definition) is 1. The predicted octanol–water partition coefficient (Wildman–Crippen LogP) is 2.01. The number of hydrogen-bond acceptors (Lipinski definition) is 2. The molecule has 3 nitrogen and oxygen atoms in total. The second kappa shape index (κ2) is 7.56. The molecule has 0 aromatic heterocycles. The van der Waals surface area contributed by atoms with Crippen molar-refractivity contribution in [1.82, 2.24) is 0 Å². The van der Waals surface area contributed by atoms with E-state index in [1.54, 1.807) is 14.2 Å². The Hall–Kier alpha value is -2.00. The second-order valence-corrected chi connectivity index (χ2v) is 4.69. The van der Waals surface area contributed by atoms with Gasteiger partial charge in [0.2, 0.25) is 0 Å². The molecule has 106 valence electrons. The van der Waals surface area contributed by atoms with E-state index >= 15 is 0 Å². The summed E-state index contributed by atoms with van der Waals surface area (Å²) in [6, 6.07) is 16.4. The van der Waals surface area contributed by atoms with Gasteiger partial charge in [0.1, 0.15) is 18.0 Å².